The van der Waals surface area contributed by atoms with E-state index in [2.05, 4.69) is 22.1 Å². The van der Waals surface area contributed by atoms with Crippen LogP contribution in [-0.2, 0) is 11.3 Å². The van der Waals surface area contributed by atoms with Gasteiger partial charge in [-0.15, -0.1) is 5.92 Å². The molecule has 0 bridgehead atoms. The van der Waals surface area contributed by atoms with Crippen LogP contribution in [0.3, 0.4) is 0 Å². The van der Waals surface area contributed by atoms with Crippen LogP contribution in [0.1, 0.15) is 41.4 Å². The van der Waals surface area contributed by atoms with E-state index in [9.17, 15) is 4.79 Å². The molecular formula is C21H25N3O3. The second-order valence-electron chi connectivity index (χ2n) is 5.91. The largest absolute Gasteiger partial charge is 0.493 e. The van der Waals surface area contributed by atoms with Crippen LogP contribution in [-0.4, -0.2) is 24.6 Å². The summed E-state index contributed by atoms with van der Waals surface area (Å²) in [6, 6.07) is 8.93. The number of methoxy groups -OCH3 is 1. The van der Waals surface area contributed by atoms with Crippen LogP contribution in [0.15, 0.2) is 30.3 Å². The Balaban J connectivity index is 2.05. The number of aromatic nitrogens is 1. The third-order valence-corrected chi connectivity index (χ3v) is 3.76. The molecule has 6 heteroatoms. The molecule has 0 radical (unpaired) electrons. The summed E-state index contributed by atoms with van der Waals surface area (Å²) < 4.78 is 10.7. The van der Waals surface area contributed by atoms with Crippen LogP contribution in [0.4, 0.5) is 11.5 Å². The minimum absolute atomic E-state index is 0.173. The molecule has 0 unspecified atom stereocenters. The smallest absolute Gasteiger partial charge is 0.259 e. The van der Waals surface area contributed by atoms with Gasteiger partial charge in [-0.05, 0) is 30.7 Å². The normalized spacial score (nSPS) is 10.0. The summed E-state index contributed by atoms with van der Waals surface area (Å²) in [5.41, 5.74) is 8.46. The Kier molecular flexibility index (Phi) is 7.65. The molecule has 0 saturated heterocycles. The first kappa shape index (κ1) is 20.3. The van der Waals surface area contributed by atoms with Crippen molar-refractivity contribution in [1.29, 1.82) is 0 Å². The predicted molar refractivity (Wildman–Crippen MR) is 107 cm³/mol. The number of carbonyl (C=O) groups excluding carboxylic acids is 1. The Morgan fingerprint density at radius 2 is 2.11 bits per heavy atom. The number of nitrogens with two attached hydrogens (primary N) is 1. The molecule has 1 aromatic carbocycles. The lowest BCUT2D eigenvalue weighted by molar-refractivity contribution is 0.102. The van der Waals surface area contributed by atoms with Gasteiger partial charge in [-0.3, -0.25) is 4.79 Å². The molecule has 1 heterocycles. The molecule has 0 aliphatic carbocycles. The van der Waals surface area contributed by atoms with Gasteiger partial charge in [0.25, 0.3) is 5.91 Å². The number of carbonyl (C=O) groups is 1. The van der Waals surface area contributed by atoms with Gasteiger partial charge >= 0.3 is 0 Å². The van der Waals surface area contributed by atoms with Crippen molar-refractivity contribution in [3.8, 4) is 17.6 Å². The molecule has 2 aromatic rings. The van der Waals surface area contributed by atoms with E-state index in [-0.39, 0.29) is 11.7 Å². The number of rotatable bonds is 7. The van der Waals surface area contributed by atoms with Gasteiger partial charge in [0.2, 0.25) is 0 Å². The molecule has 1 amide bonds. The summed E-state index contributed by atoms with van der Waals surface area (Å²) in [4.78, 5) is 16.8. The molecule has 0 saturated carbocycles. The SMILES string of the molecule is CCC#CCCOc1cccc(NC(=O)c2cc(C)c(COC)nc2N)c1. The molecule has 0 spiro atoms. The number of hydrogen-bond acceptors (Lipinski definition) is 5. The first-order valence-corrected chi connectivity index (χ1v) is 8.80. The number of amides is 1. The molecule has 0 aliphatic rings. The maximum Gasteiger partial charge on any atom is 0.259 e. The lowest BCUT2D eigenvalue weighted by Gasteiger charge is -2.12. The lowest BCUT2D eigenvalue weighted by atomic mass is 10.1. The van der Waals surface area contributed by atoms with Gasteiger partial charge < -0.3 is 20.5 Å². The maximum atomic E-state index is 12.6. The van der Waals surface area contributed by atoms with E-state index in [1.54, 1.807) is 25.3 Å². The monoisotopic (exact) mass is 367 g/mol. The third kappa shape index (κ3) is 6.01. The fourth-order valence-corrected chi connectivity index (χ4v) is 2.43. The van der Waals surface area contributed by atoms with E-state index in [1.807, 2.05) is 26.0 Å². The maximum absolute atomic E-state index is 12.6. The Morgan fingerprint density at radius 3 is 2.85 bits per heavy atom. The van der Waals surface area contributed by atoms with E-state index >= 15 is 0 Å². The summed E-state index contributed by atoms with van der Waals surface area (Å²) in [5, 5.41) is 2.83. The highest BCUT2D eigenvalue weighted by Crippen LogP contribution is 2.21. The Labute approximate surface area is 160 Å². The van der Waals surface area contributed by atoms with Gasteiger partial charge in [0.1, 0.15) is 11.6 Å². The van der Waals surface area contributed by atoms with Crippen molar-refractivity contribution < 1.29 is 14.3 Å². The van der Waals surface area contributed by atoms with Crippen LogP contribution in [0.5, 0.6) is 5.75 Å². The van der Waals surface area contributed by atoms with E-state index in [1.165, 1.54) is 0 Å². The van der Waals surface area contributed by atoms with Crippen molar-refractivity contribution in [2.24, 2.45) is 0 Å². The van der Waals surface area contributed by atoms with Crippen molar-refractivity contribution in [2.45, 2.75) is 33.3 Å². The predicted octanol–water partition coefficient (Wildman–Crippen LogP) is 3.55. The second kappa shape index (κ2) is 10.2. The molecule has 0 atom stereocenters. The number of nitrogens with one attached hydrogen (secondary N) is 1. The molecule has 1 aromatic heterocycles. The summed E-state index contributed by atoms with van der Waals surface area (Å²) in [7, 11) is 1.59. The summed E-state index contributed by atoms with van der Waals surface area (Å²) in [6.07, 6.45) is 1.51. The zero-order valence-electron chi connectivity index (χ0n) is 16.0. The average Bonchev–Trinajstić information content (AvgIpc) is 2.64. The number of pyridine rings is 1. The Bertz CT molecular complexity index is 853. The quantitative estimate of drug-likeness (QED) is 0.577. The molecular weight excluding hydrogens is 342 g/mol. The standard InChI is InChI=1S/C21H25N3O3/c1-4-5-6-7-11-27-17-10-8-9-16(13-17)23-21(25)18-12-15(2)19(14-26-3)24-20(18)22/h8-10,12-13H,4,7,11,14H2,1-3H3,(H2,22,24)(H,23,25). The number of ether oxygens (including phenoxy) is 2. The van der Waals surface area contributed by atoms with Gasteiger partial charge in [-0.1, -0.05) is 18.9 Å². The zero-order chi connectivity index (χ0) is 19.6. The summed E-state index contributed by atoms with van der Waals surface area (Å²) in [6.45, 7) is 4.73. The Morgan fingerprint density at radius 1 is 1.30 bits per heavy atom. The molecule has 0 aliphatic heterocycles. The van der Waals surface area contributed by atoms with Crippen LogP contribution in [0.25, 0.3) is 0 Å². The summed E-state index contributed by atoms with van der Waals surface area (Å²) in [5.74, 6) is 6.55. The highest BCUT2D eigenvalue weighted by atomic mass is 16.5. The van der Waals surface area contributed by atoms with Crippen molar-refractivity contribution in [1.82, 2.24) is 4.98 Å². The lowest BCUT2D eigenvalue weighted by Crippen LogP contribution is -2.16. The van der Waals surface area contributed by atoms with E-state index in [0.29, 0.717) is 42.3 Å². The number of hydrogen-bond donors (Lipinski definition) is 2. The van der Waals surface area contributed by atoms with Gasteiger partial charge in [0.05, 0.1) is 24.5 Å². The number of aryl methyl sites for hydroxylation is 1. The number of anilines is 2. The molecule has 2 rings (SSSR count). The first-order valence-electron chi connectivity index (χ1n) is 8.80. The fourth-order valence-electron chi connectivity index (χ4n) is 2.43. The van der Waals surface area contributed by atoms with Gasteiger partial charge in [-0.2, -0.15) is 0 Å². The third-order valence-electron chi connectivity index (χ3n) is 3.76. The molecule has 0 fully saturated rings. The van der Waals surface area contributed by atoms with Gasteiger partial charge in [0, 0.05) is 31.7 Å². The van der Waals surface area contributed by atoms with E-state index < -0.39 is 0 Å². The molecule has 6 nitrogen and oxygen atoms in total. The minimum Gasteiger partial charge on any atom is -0.493 e. The molecule has 27 heavy (non-hydrogen) atoms. The number of nitrogens with zero attached hydrogens (tertiary/aromatic N) is 1. The number of benzene rings is 1. The van der Waals surface area contributed by atoms with Crippen molar-refractivity contribution in [3.63, 3.8) is 0 Å². The topological polar surface area (TPSA) is 86.5 Å². The zero-order valence-corrected chi connectivity index (χ0v) is 16.0. The van der Waals surface area contributed by atoms with Crippen LogP contribution in [0.2, 0.25) is 0 Å². The van der Waals surface area contributed by atoms with Gasteiger partial charge in [0.15, 0.2) is 0 Å². The van der Waals surface area contributed by atoms with E-state index in [4.69, 9.17) is 15.2 Å². The first-order chi connectivity index (χ1) is 13.0. The average molecular weight is 367 g/mol. The van der Waals surface area contributed by atoms with Crippen LogP contribution >= 0.6 is 0 Å². The minimum atomic E-state index is -0.321. The van der Waals surface area contributed by atoms with Crippen LogP contribution < -0.4 is 15.8 Å². The molecule has 3 N–H and O–H groups in total. The van der Waals surface area contributed by atoms with Gasteiger partial charge in [-0.25, -0.2) is 4.98 Å². The molecule has 142 valence electrons. The summed E-state index contributed by atoms with van der Waals surface area (Å²) >= 11 is 0. The van der Waals surface area contributed by atoms with Crippen molar-refractivity contribution >= 4 is 17.4 Å². The van der Waals surface area contributed by atoms with Crippen molar-refractivity contribution in [2.75, 3.05) is 24.8 Å². The number of nitrogen functional groups attached to an aromatic ring is 1. The van der Waals surface area contributed by atoms with Crippen LogP contribution in [0, 0.1) is 18.8 Å². The fraction of sp³-hybridized carbons (Fsp3) is 0.333. The van der Waals surface area contributed by atoms with E-state index in [0.717, 1.165) is 12.0 Å². The highest BCUT2D eigenvalue weighted by Gasteiger charge is 2.14. The second-order valence-corrected chi connectivity index (χ2v) is 5.91. The Hall–Kier alpha value is -3.04. The highest BCUT2D eigenvalue weighted by molar-refractivity contribution is 6.07. The van der Waals surface area contributed by atoms with Crippen molar-refractivity contribution in [3.05, 3.63) is 47.2 Å².